The van der Waals surface area contributed by atoms with Gasteiger partial charge in [-0.25, -0.2) is 4.98 Å². The van der Waals surface area contributed by atoms with E-state index in [0.29, 0.717) is 23.3 Å². The van der Waals surface area contributed by atoms with Crippen molar-refractivity contribution in [2.75, 3.05) is 0 Å². The molecule has 1 aromatic rings. The average Bonchev–Trinajstić information content (AvgIpc) is 3.00. The lowest BCUT2D eigenvalue weighted by Crippen LogP contribution is -2.49. The van der Waals surface area contributed by atoms with Gasteiger partial charge >= 0.3 is 0 Å². The summed E-state index contributed by atoms with van der Waals surface area (Å²) in [6.07, 6.45) is 13.6. The highest BCUT2D eigenvalue weighted by Gasteiger charge is 2.56. The Labute approximate surface area is 161 Å². The number of allylic oxidation sites excluding steroid dienone is 3. The fraction of sp³-hybridized carbons (Fsp3) is 0.625. The summed E-state index contributed by atoms with van der Waals surface area (Å²) in [4.78, 5) is 3.91. The number of aliphatic hydroxyl groups excluding tert-OH is 1. The number of hydrogen-bond acceptors (Lipinski definition) is 2. The van der Waals surface area contributed by atoms with Crippen molar-refractivity contribution in [1.82, 2.24) is 4.98 Å². The molecule has 3 heteroatoms. The number of aromatic nitrogens is 1. The van der Waals surface area contributed by atoms with Gasteiger partial charge in [0.15, 0.2) is 0 Å². The van der Waals surface area contributed by atoms with Crippen molar-refractivity contribution in [2.45, 2.75) is 64.9 Å². The van der Waals surface area contributed by atoms with Crippen molar-refractivity contribution in [1.29, 1.82) is 0 Å². The summed E-state index contributed by atoms with van der Waals surface area (Å²) < 4.78 is 14.4. The van der Waals surface area contributed by atoms with Gasteiger partial charge in [0.05, 0.1) is 6.10 Å². The third-order valence-corrected chi connectivity index (χ3v) is 8.71. The predicted octanol–water partition coefficient (Wildman–Crippen LogP) is 5.54. The fourth-order valence-corrected chi connectivity index (χ4v) is 7.21. The third kappa shape index (κ3) is 2.43. The molecule has 1 heterocycles. The van der Waals surface area contributed by atoms with Crippen LogP contribution in [0.3, 0.4) is 0 Å². The molecule has 6 atom stereocenters. The smallest absolute Gasteiger partial charge is 0.220 e. The van der Waals surface area contributed by atoms with E-state index in [4.69, 9.17) is 0 Å². The van der Waals surface area contributed by atoms with Gasteiger partial charge in [0.25, 0.3) is 0 Å². The van der Waals surface area contributed by atoms with Gasteiger partial charge < -0.3 is 5.11 Å². The SMILES string of the molecule is C[C@]12CC[C@H](O)CC1=CCC1C2CC[C@]2(C)C(c3cccnc3F)=CCC12. The summed E-state index contributed by atoms with van der Waals surface area (Å²) in [7, 11) is 0. The van der Waals surface area contributed by atoms with Gasteiger partial charge in [0, 0.05) is 11.8 Å². The van der Waals surface area contributed by atoms with E-state index >= 15 is 0 Å². The second kappa shape index (κ2) is 6.01. The number of halogens is 1. The molecule has 4 aliphatic carbocycles. The minimum Gasteiger partial charge on any atom is -0.393 e. The van der Waals surface area contributed by atoms with Gasteiger partial charge in [-0.15, -0.1) is 0 Å². The summed E-state index contributed by atoms with van der Waals surface area (Å²) in [6, 6.07) is 3.75. The molecule has 2 saturated carbocycles. The quantitative estimate of drug-likeness (QED) is 0.522. The van der Waals surface area contributed by atoms with Gasteiger partial charge in [-0.3, -0.25) is 0 Å². The van der Waals surface area contributed by atoms with Crippen LogP contribution < -0.4 is 0 Å². The van der Waals surface area contributed by atoms with Crippen LogP contribution in [-0.4, -0.2) is 16.2 Å². The normalized spacial score (nSPS) is 43.3. The lowest BCUT2D eigenvalue weighted by molar-refractivity contribution is -0.0238. The lowest BCUT2D eigenvalue weighted by atomic mass is 9.47. The summed E-state index contributed by atoms with van der Waals surface area (Å²) in [6.45, 7) is 4.82. The molecule has 0 aliphatic heterocycles. The number of hydrogen-bond donors (Lipinski definition) is 1. The Morgan fingerprint density at radius 3 is 2.70 bits per heavy atom. The van der Waals surface area contributed by atoms with E-state index in [1.807, 2.05) is 12.1 Å². The van der Waals surface area contributed by atoms with Crippen molar-refractivity contribution in [2.24, 2.45) is 28.6 Å². The van der Waals surface area contributed by atoms with E-state index in [1.165, 1.54) is 23.8 Å². The molecule has 0 spiro atoms. The topological polar surface area (TPSA) is 33.1 Å². The first-order valence-corrected chi connectivity index (χ1v) is 10.6. The molecule has 2 nitrogen and oxygen atoms in total. The van der Waals surface area contributed by atoms with E-state index in [0.717, 1.165) is 38.5 Å². The Kier molecular flexibility index (Phi) is 3.92. The summed E-state index contributed by atoms with van der Waals surface area (Å²) in [5, 5.41) is 10.1. The molecular formula is C24H30FNO. The molecule has 0 amide bonds. The Bertz CT molecular complexity index is 829. The van der Waals surface area contributed by atoms with Crippen molar-refractivity contribution in [3.8, 4) is 0 Å². The van der Waals surface area contributed by atoms with Gasteiger partial charge in [-0.1, -0.05) is 31.6 Å². The van der Waals surface area contributed by atoms with Crippen molar-refractivity contribution in [3.05, 3.63) is 47.6 Å². The van der Waals surface area contributed by atoms with E-state index < -0.39 is 0 Å². The second-order valence-electron chi connectivity index (χ2n) is 9.81. The third-order valence-electron chi connectivity index (χ3n) is 8.71. The molecule has 144 valence electrons. The van der Waals surface area contributed by atoms with E-state index in [-0.39, 0.29) is 22.9 Å². The standard InChI is InChI=1S/C24H30FNO/c1-23-11-9-16(27)14-15(23)5-6-17-19-7-8-20(18-4-3-13-26-22(18)25)24(19,2)12-10-21(17)23/h3-5,8,13,16-17,19,21,27H,6-7,9-12,14H2,1-2H3/t16-,17?,19?,21?,23-,24-/m0/s1. The maximum Gasteiger partial charge on any atom is 0.220 e. The van der Waals surface area contributed by atoms with Gasteiger partial charge in [-0.05, 0) is 91.2 Å². The molecule has 27 heavy (non-hydrogen) atoms. The zero-order chi connectivity index (χ0) is 18.8. The molecule has 4 aliphatic rings. The molecule has 0 radical (unpaired) electrons. The molecule has 2 fully saturated rings. The molecule has 1 N–H and O–H groups in total. The highest BCUT2D eigenvalue weighted by Crippen LogP contribution is 2.66. The highest BCUT2D eigenvalue weighted by atomic mass is 19.1. The summed E-state index contributed by atoms with van der Waals surface area (Å²) in [5.74, 6) is 1.63. The minimum absolute atomic E-state index is 0.0565. The lowest BCUT2D eigenvalue weighted by Gasteiger charge is -2.57. The van der Waals surface area contributed by atoms with Crippen molar-refractivity contribution in [3.63, 3.8) is 0 Å². The molecule has 1 aromatic heterocycles. The first kappa shape index (κ1) is 17.6. The molecular weight excluding hydrogens is 337 g/mol. The van der Waals surface area contributed by atoms with Crippen LogP contribution in [0, 0.1) is 34.5 Å². The summed E-state index contributed by atoms with van der Waals surface area (Å²) in [5.41, 5.74) is 3.72. The molecule has 0 aromatic carbocycles. The summed E-state index contributed by atoms with van der Waals surface area (Å²) >= 11 is 0. The van der Waals surface area contributed by atoms with Gasteiger partial charge in [0.2, 0.25) is 5.95 Å². The van der Waals surface area contributed by atoms with Crippen LogP contribution >= 0.6 is 0 Å². The Balaban J connectivity index is 1.49. The zero-order valence-corrected chi connectivity index (χ0v) is 16.4. The maximum absolute atomic E-state index is 14.4. The van der Waals surface area contributed by atoms with Crippen LogP contribution in [0.1, 0.15) is 64.4 Å². The minimum atomic E-state index is -0.327. The van der Waals surface area contributed by atoms with Crippen LogP contribution in [0.15, 0.2) is 36.1 Å². The Hall–Kier alpha value is -1.48. The van der Waals surface area contributed by atoms with Crippen molar-refractivity contribution < 1.29 is 9.50 Å². The maximum atomic E-state index is 14.4. The van der Waals surface area contributed by atoms with Gasteiger partial charge in [0.1, 0.15) is 0 Å². The average molecular weight is 368 g/mol. The zero-order valence-electron chi connectivity index (χ0n) is 16.4. The second-order valence-corrected chi connectivity index (χ2v) is 9.81. The number of pyridine rings is 1. The monoisotopic (exact) mass is 367 g/mol. The van der Waals surface area contributed by atoms with Crippen LogP contribution in [0.2, 0.25) is 0 Å². The number of rotatable bonds is 1. The first-order chi connectivity index (χ1) is 12.9. The number of fused-ring (bicyclic) bond motifs is 5. The molecule has 3 unspecified atom stereocenters. The van der Waals surface area contributed by atoms with Crippen LogP contribution in [0.25, 0.3) is 5.57 Å². The van der Waals surface area contributed by atoms with Crippen LogP contribution in [0.4, 0.5) is 4.39 Å². The highest BCUT2D eigenvalue weighted by molar-refractivity contribution is 5.72. The first-order valence-electron chi connectivity index (χ1n) is 10.6. The molecule has 0 saturated heterocycles. The van der Waals surface area contributed by atoms with Crippen molar-refractivity contribution >= 4 is 5.57 Å². The van der Waals surface area contributed by atoms with Gasteiger partial charge in [-0.2, -0.15) is 4.39 Å². The van der Waals surface area contributed by atoms with E-state index in [1.54, 1.807) is 0 Å². The van der Waals surface area contributed by atoms with E-state index in [9.17, 15) is 9.50 Å². The number of nitrogens with zero attached hydrogens (tertiary/aromatic N) is 1. The van der Waals surface area contributed by atoms with Crippen LogP contribution in [0.5, 0.6) is 0 Å². The predicted molar refractivity (Wildman–Crippen MR) is 105 cm³/mol. The molecule has 5 rings (SSSR count). The van der Waals surface area contributed by atoms with E-state index in [2.05, 4.69) is 31.0 Å². The van der Waals surface area contributed by atoms with Crippen LogP contribution in [-0.2, 0) is 0 Å². The Morgan fingerprint density at radius 2 is 1.89 bits per heavy atom. The largest absolute Gasteiger partial charge is 0.393 e. The molecule has 0 bridgehead atoms. The number of aliphatic hydroxyl groups is 1. The Morgan fingerprint density at radius 1 is 1.07 bits per heavy atom. The fourth-order valence-electron chi connectivity index (χ4n) is 7.21.